The molecular formula is C13H11N3O3S. The molecule has 0 fully saturated rings. The summed E-state index contributed by atoms with van der Waals surface area (Å²) < 4.78 is 28.6. The smallest absolute Gasteiger partial charge is 0.246 e. The molecule has 0 saturated carbocycles. The third kappa shape index (κ3) is 2.23. The first-order valence-electron chi connectivity index (χ1n) is 5.76. The fourth-order valence-corrected chi connectivity index (χ4v) is 2.42. The zero-order valence-corrected chi connectivity index (χ0v) is 11.4. The Morgan fingerprint density at radius 3 is 2.65 bits per heavy atom. The van der Waals surface area contributed by atoms with Crippen molar-refractivity contribution in [2.24, 2.45) is 0 Å². The molecule has 6 nitrogen and oxygen atoms in total. The molecule has 3 aromatic rings. The lowest BCUT2D eigenvalue weighted by atomic mass is 10.3. The van der Waals surface area contributed by atoms with Crippen molar-refractivity contribution < 1.29 is 12.8 Å². The highest BCUT2D eigenvalue weighted by Crippen LogP contribution is 2.25. The molecular weight excluding hydrogens is 278 g/mol. The molecule has 0 aliphatic carbocycles. The van der Waals surface area contributed by atoms with Crippen LogP contribution in [0.3, 0.4) is 0 Å². The van der Waals surface area contributed by atoms with E-state index < -0.39 is 9.84 Å². The van der Waals surface area contributed by atoms with Gasteiger partial charge in [-0.25, -0.2) is 18.4 Å². The number of pyridine rings is 1. The van der Waals surface area contributed by atoms with Gasteiger partial charge in [-0.15, -0.1) is 0 Å². The first-order valence-corrected chi connectivity index (χ1v) is 7.65. The van der Waals surface area contributed by atoms with Gasteiger partial charge in [-0.2, -0.15) is 0 Å². The Labute approximate surface area is 115 Å². The third-order valence-electron chi connectivity index (χ3n) is 2.79. The van der Waals surface area contributed by atoms with Crippen molar-refractivity contribution in [3.63, 3.8) is 0 Å². The molecule has 0 aliphatic rings. The predicted octanol–water partition coefficient (Wildman–Crippen LogP) is 1.88. The molecule has 2 aromatic heterocycles. The van der Waals surface area contributed by atoms with Crippen molar-refractivity contribution in [3.05, 3.63) is 36.5 Å². The molecule has 0 spiro atoms. The molecule has 0 radical (unpaired) electrons. The molecule has 0 saturated heterocycles. The van der Waals surface area contributed by atoms with Crippen LogP contribution in [0.25, 0.3) is 22.7 Å². The van der Waals surface area contributed by atoms with Crippen molar-refractivity contribution in [1.29, 1.82) is 0 Å². The van der Waals surface area contributed by atoms with E-state index in [0.29, 0.717) is 28.4 Å². The number of nitrogens with zero attached hydrogens (tertiary/aromatic N) is 2. The number of nitrogen functional groups attached to an aromatic ring is 1. The lowest BCUT2D eigenvalue weighted by molar-refractivity contribution is 0.602. The number of benzene rings is 1. The molecule has 0 amide bonds. The van der Waals surface area contributed by atoms with Crippen molar-refractivity contribution >= 4 is 26.6 Å². The van der Waals surface area contributed by atoms with Gasteiger partial charge in [-0.1, -0.05) is 0 Å². The van der Waals surface area contributed by atoms with Gasteiger partial charge in [0.1, 0.15) is 11.2 Å². The van der Waals surface area contributed by atoms with Gasteiger partial charge < -0.3 is 10.2 Å². The molecule has 0 aliphatic heterocycles. The van der Waals surface area contributed by atoms with Gasteiger partial charge in [0.2, 0.25) is 5.89 Å². The Kier molecular flexibility index (Phi) is 2.72. The molecule has 0 unspecified atom stereocenters. The molecule has 102 valence electrons. The van der Waals surface area contributed by atoms with Gasteiger partial charge in [-0.3, -0.25) is 0 Å². The van der Waals surface area contributed by atoms with Crippen LogP contribution in [-0.2, 0) is 9.84 Å². The second kappa shape index (κ2) is 4.31. The maximum absolute atomic E-state index is 11.5. The Bertz CT molecular complexity index is 883. The summed E-state index contributed by atoms with van der Waals surface area (Å²) in [6.07, 6.45) is 2.66. The minimum atomic E-state index is -3.27. The average molecular weight is 289 g/mol. The van der Waals surface area contributed by atoms with Crippen LogP contribution in [0.5, 0.6) is 0 Å². The zero-order valence-electron chi connectivity index (χ0n) is 10.6. The quantitative estimate of drug-likeness (QED) is 0.773. The van der Waals surface area contributed by atoms with Crippen LogP contribution in [0.15, 0.2) is 45.8 Å². The second-order valence-corrected chi connectivity index (χ2v) is 6.41. The van der Waals surface area contributed by atoms with E-state index in [2.05, 4.69) is 9.97 Å². The van der Waals surface area contributed by atoms with Gasteiger partial charge in [0.15, 0.2) is 15.4 Å². The molecule has 3 rings (SSSR count). The van der Waals surface area contributed by atoms with E-state index in [1.165, 1.54) is 18.3 Å². The summed E-state index contributed by atoms with van der Waals surface area (Å²) in [7, 11) is -3.27. The first-order chi connectivity index (χ1) is 9.43. The number of hydrogen-bond acceptors (Lipinski definition) is 6. The molecule has 20 heavy (non-hydrogen) atoms. The number of sulfone groups is 1. The van der Waals surface area contributed by atoms with Gasteiger partial charge >= 0.3 is 0 Å². The Balaban J connectivity index is 2.13. The summed E-state index contributed by atoms with van der Waals surface area (Å²) in [6.45, 7) is 0. The summed E-state index contributed by atoms with van der Waals surface area (Å²) in [5, 5.41) is 0. The van der Waals surface area contributed by atoms with Crippen LogP contribution < -0.4 is 5.73 Å². The van der Waals surface area contributed by atoms with Gasteiger partial charge in [0.25, 0.3) is 0 Å². The van der Waals surface area contributed by atoms with Crippen LogP contribution in [0.1, 0.15) is 0 Å². The predicted molar refractivity (Wildman–Crippen MR) is 74.8 cm³/mol. The van der Waals surface area contributed by atoms with E-state index in [1.807, 2.05) is 0 Å². The molecule has 7 heteroatoms. The van der Waals surface area contributed by atoms with E-state index in [4.69, 9.17) is 10.2 Å². The van der Waals surface area contributed by atoms with Crippen LogP contribution in [-0.4, -0.2) is 24.6 Å². The van der Waals surface area contributed by atoms with E-state index in [0.717, 1.165) is 6.26 Å². The maximum atomic E-state index is 11.5. The van der Waals surface area contributed by atoms with Crippen LogP contribution in [0.2, 0.25) is 0 Å². The van der Waals surface area contributed by atoms with Crippen LogP contribution >= 0.6 is 0 Å². The molecule has 2 heterocycles. The molecule has 1 aromatic carbocycles. The number of nitrogens with two attached hydrogens (primary N) is 1. The SMILES string of the molecule is CS(=O)(=O)c1ccc2oc(-c3ccc(N)cn3)nc2c1. The maximum Gasteiger partial charge on any atom is 0.246 e. The van der Waals surface area contributed by atoms with E-state index >= 15 is 0 Å². The Morgan fingerprint density at radius 1 is 1.20 bits per heavy atom. The molecule has 2 N–H and O–H groups in total. The van der Waals surface area contributed by atoms with Crippen molar-refractivity contribution in [2.45, 2.75) is 4.90 Å². The largest absolute Gasteiger partial charge is 0.435 e. The number of aromatic nitrogens is 2. The highest BCUT2D eigenvalue weighted by molar-refractivity contribution is 7.90. The molecule has 0 bridgehead atoms. The average Bonchev–Trinajstić information content (AvgIpc) is 2.81. The van der Waals surface area contributed by atoms with Crippen molar-refractivity contribution in [2.75, 3.05) is 12.0 Å². The van der Waals surface area contributed by atoms with E-state index in [9.17, 15) is 8.42 Å². The summed E-state index contributed by atoms with van der Waals surface area (Å²) in [5.74, 6) is 0.325. The lowest BCUT2D eigenvalue weighted by Crippen LogP contribution is -1.96. The third-order valence-corrected chi connectivity index (χ3v) is 3.90. The van der Waals surface area contributed by atoms with Gasteiger partial charge in [-0.05, 0) is 30.3 Å². The van der Waals surface area contributed by atoms with E-state index in [-0.39, 0.29) is 4.90 Å². The fraction of sp³-hybridized carbons (Fsp3) is 0.0769. The topological polar surface area (TPSA) is 99.1 Å². The number of oxazole rings is 1. The summed E-state index contributed by atoms with van der Waals surface area (Å²) in [5.41, 5.74) is 7.63. The monoisotopic (exact) mass is 289 g/mol. The Morgan fingerprint density at radius 2 is 2.00 bits per heavy atom. The van der Waals surface area contributed by atoms with Crippen LogP contribution in [0.4, 0.5) is 5.69 Å². The standard InChI is InChI=1S/C13H11N3O3S/c1-20(17,18)9-3-5-12-11(6-9)16-13(19-12)10-4-2-8(14)7-15-10/h2-7H,14H2,1H3. The fourth-order valence-electron chi connectivity index (χ4n) is 1.78. The lowest BCUT2D eigenvalue weighted by Gasteiger charge is -1.95. The normalized spacial score (nSPS) is 11.8. The summed E-state index contributed by atoms with van der Waals surface area (Å²) >= 11 is 0. The first kappa shape index (κ1) is 12.6. The number of fused-ring (bicyclic) bond motifs is 1. The minimum absolute atomic E-state index is 0.204. The second-order valence-electron chi connectivity index (χ2n) is 4.40. The molecule has 0 atom stereocenters. The zero-order chi connectivity index (χ0) is 14.3. The Hall–Kier alpha value is -2.41. The summed E-state index contributed by atoms with van der Waals surface area (Å²) in [4.78, 5) is 8.57. The van der Waals surface area contributed by atoms with Crippen LogP contribution in [0, 0.1) is 0 Å². The van der Waals surface area contributed by atoms with Crippen molar-refractivity contribution in [3.8, 4) is 11.6 Å². The van der Waals surface area contributed by atoms with E-state index in [1.54, 1.807) is 18.2 Å². The van der Waals surface area contributed by atoms with Gasteiger partial charge in [0.05, 0.1) is 16.8 Å². The number of rotatable bonds is 2. The highest BCUT2D eigenvalue weighted by Gasteiger charge is 2.13. The van der Waals surface area contributed by atoms with Gasteiger partial charge in [0, 0.05) is 6.26 Å². The van der Waals surface area contributed by atoms with Crippen molar-refractivity contribution in [1.82, 2.24) is 9.97 Å². The number of anilines is 1. The minimum Gasteiger partial charge on any atom is -0.435 e. The summed E-state index contributed by atoms with van der Waals surface area (Å²) in [6, 6.07) is 7.94. The highest BCUT2D eigenvalue weighted by atomic mass is 32.2. The number of hydrogen-bond donors (Lipinski definition) is 1.